The fourth-order valence-electron chi connectivity index (χ4n) is 1.79. The minimum atomic E-state index is 0.840. The quantitative estimate of drug-likeness (QED) is 0.458. The molecule has 2 rings (SSSR count). The van der Waals surface area contributed by atoms with Gasteiger partial charge in [-0.15, -0.1) is 5.73 Å². The zero-order chi connectivity index (χ0) is 7.68. The van der Waals surface area contributed by atoms with Crippen LogP contribution in [0.1, 0.15) is 19.8 Å². The van der Waals surface area contributed by atoms with Crippen molar-refractivity contribution in [1.29, 1.82) is 0 Å². The Hall–Kier alpha value is -1.00. The van der Waals surface area contributed by atoms with Gasteiger partial charge in [0.2, 0.25) is 0 Å². The largest absolute Gasteiger partial charge is 0.121 e. The standard InChI is InChI=1S/C11H12/c1-9-7-10-5-3-2-4-6-11(10)8-9/h3-6,9H,7-8H2,1H3. The van der Waals surface area contributed by atoms with Crippen LogP contribution in [0.3, 0.4) is 0 Å². The summed E-state index contributed by atoms with van der Waals surface area (Å²) in [5.41, 5.74) is 6.11. The van der Waals surface area contributed by atoms with Crippen molar-refractivity contribution in [3.8, 4) is 0 Å². The lowest BCUT2D eigenvalue weighted by atomic mass is 10.1. The summed E-state index contributed by atoms with van der Waals surface area (Å²) in [6.45, 7) is 2.31. The van der Waals surface area contributed by atoms with Crippen LogP contribution in [0.15, 0.2) is 41.2 Å². The molecule has 2 aliphatic rings. The lowest BCUT2D eigenvalue weighted by Gasteiger charge is -1.93. The molecule has 0 unspecified atom stereocenters. The molecule has 0 amide bonds. The van der Waals surface area contributed by atoms with Gasteiger partial charge in [0, 0.05) is 0 Å². The Morgan fingerprint density at radius 2 is 1.73 bits per heavy atom. The van der Waals surface area contributed by atoms with Gasteiger partial charge in [0.25, 0.3) is 0 Å². The van der Waals surface area contributed by atoms with Crippen LogP contribution < -0.4 is 0 Å². The SMILES string of the molecule is CC1CC2=CC=C=CC=C2C1. The van der Waals surface area contributed by atoms with Crippen LogP contribution in [-0.2, 0) is 0 Å². The molecule has 0 aromatic carbocycles. The Balaban J connectivity index is 2.37. The van der Waals surface area contributed by atoms with Crippen molar-refractivity contribution in [3.63, 3.8) is 0 Å². The van der Waals surface area contributed by atoms with Crippen LogP contribution >= 0.6 is 0 Å². The first-order chi connectivity index (χ1) is 5.36. The molecule has 0 aromatic rings. The van der Waals surface area contributed by atoms with E-state index < -0.39 is 0 Å². The molecule has 0 spiro atoms. The smallest absolute Gasteiger partial charge is 0.0197 e. The normalized spacial score (nSPS) is 22.6. The maximum absolute atomic E-state index is 3.09. The highest BCUT2D eigenvalue weighted by molar-refractivity contribution is 5.41. The molecule has 0 heterocycles. The molecule has 1 fully saturated rings. The number of hydrogen-bond acceptors (Lipinski definition) is 0. The van der Waals surface area contributed by atoms with Gasteiger partial charge >= 0.3 is 0 Å². The third-order valence-electron chi connectivity index (χ3n) is 2.31. The lowest BCUT2D eigenvalue weighted by molar-refractivity contribution is 0.640. The van der Waals surface area contributed by atoms with E-state index in [4.69, 9.17) is 0 Å². The number of hydrogen-bond donors (Lipinski definition) is 0. The maximum Gasteiger partial charge on any atom is -0.0197 e. The van der Waals surface area contributed by atoms with Crippen LogP contribution in [0.4, 0.5) is 0 Å². The molecular formula is C11H12. The van der Waals surface area contributed by atoms with Crippen molar-refractivity contribution < 1.29 is 0 Å². The molecule has 0 nitrogen and oxygen atoms in total. The fraction of sp³-hybridized carbons (Fsp3) is 0.364. The third-order valence-corrected chi connectivity index (χ3v) is 2.31. The fourth-order valence-corrected chi connectivity index (χ4v) is 1.79. The van der Waals surface area contributed by atoms with Crippen LogP contribution in [0, 0.1) is 5.92 Å². The van der Waals surface area contributed by atoms with Crippen molar-refractivity contribution in [2.75, 3.05) is 0 Å². The Kier molecular flexibility index (Phi) is 1.56. The van der Waals surface area contributed by atoms with E-state index >= 15 is 0 Å². The first-order valence-electron chi connectivity index (χ1n) is 4.17. The predicted molar refractivity (Wildman–Crippen MR) is 47.2 cm³/mol. The summed E-state index contributed by atoms with van der Waals surface area (Å²) < 4.78 is 0. The van der Waals surface area contributed by atoms with Gasteiger partial charge in [-0.1, -0.05) is 19.1 Å². The molecule has 2 aliphatic carbocycles. The van der Waals surface area contributed by atoms with E-state index in [1.54, 1.807) is 0 Å². The Labute approximate surface area is 67.6 Å². The molecule has 0 saturated heterocycles. The molecule has 0 atom stereocenters. The summed E-state index contributed by atoms with van der Waals surface area (Å²) in [7, 11) is 0. The highest BCUT2D eigenvalue weighted by Gasteiger charge is 2.19. The minimum Gasteiger partial charge on any atom is -0.121 e. The van der Waals surface area contributed by atoms with Crippen molar-refractivity contribution in [1.82, 2.24) is 0 Å². The molecule has 0 aromatic heterocycles. The number of rotatable bonds is 0. The zero-order valence-electron chi connectivity index (χ0n) is 6.80. The molecule has 0 bridgehead atoms. The maximum atomic E-state index is 3.09. The highest BCUT2D eigenvalue weighted by Crippen LogP contribution is 2.35. The molecule has 0 radical (unpaired) electrons. The van der Waals surface area contributed by atoms with Gasteiger partial charge in [-0.3, -0.25) is 0 Å². The van der Waals surface area contributed by atoms with Crippen molar-refractivity contribution in [2.24, 2.45) is 5.92 Å². The Morgan fingerprint density at radius 1 is 1.18 bits per heavy atom. The predicted octanol–water partition coefficient (Wildman–Crippen LogP) is 2.99. The number of fused-ring (bicyclic) bond motifs is 1. The van der Waals surface area contributed by atoms with E-state index in [9.17, 15) is 0 Å². The van der Waals surface area contributed by atoms with E-state index in [0.717, 1.165) is 5.92 Å². The zero-order valence-corrected chi connectivity index (χ0v) is 6.80. The summed E-state index contributed by atoms with van der Waals surface area (Å²) in [6.07, 6.45) is 10.9. The second kappa shape index (κ2) is 2.56. The summed E-state index contributed by atoms with van der Waals surface area (Å²) >= 11 is 0. The molecule has 0 aliphatic heterocycles. The minimum absolute atomic E-state index is 0.840. The monoisotopic (exact) mass is 144 g/mol. The van der Waals surface area contributed by atoms with Crippen molar-refractivity contribution in [3.05, 3.63) is 41.2 Å². The molecular weight excluding hydrogens is 132 g/mol. The average molecular weight is 144 g/mol. The van der Waals surface area contributed by atoms with Crippen LogP contribution in [0.2, 0.25) is 0 Å². The summed E-state index contributed by atoms with van der Waals surface area (Å²) in [6, 6.07) is 0. The second-order valence-electron chi connectivity index (χ2n) is 3.40. The van der Waals surface area contributed by atoms with Gasteiger partial charge in [0.1, 0.15) is 0 Å². The van der Waals surface area contributed by atoms with Gasteiger partial charge < -0.3 is 0 Å². The third kappa shape index (κ3) is 1.22. The van der Waals surface area contributed by atoms with Gasteiger partial charge in [-0.2, -0.15) is 0 Å². The molecule has 11 heavy (non-hydrogen) atoms. The molecule has 56 valence electrons. The van der Waals surface area contributed by atoms with Crippen LogP contribution in [-0.4, -0.2) is 0 Å². The first kappa shape index (κ1) is 6.69. The lowest BCUT2D eigenvalue weighted by Crippen LogP contribution is -1.80. The van der Waals surface area contributed by atoms with E-state index in [1.165, 1.54) is 24.0 Å². The first-order valence-corrected chi connectivity index (χ1v) is 4.17. The van der Waals surface area contributed by atoms with E-state index in [1.807, 2.05) is 12.2 Å². The highest BCUT2D eigenvalue weighted by atomic mass is 14.2. The average Bonchev–Trinajstić information content (AvgIpc) is 2.17. The van der Waals surface area contributed by atoms with Gasteiger partial charge in [-0.05, 0) is 42.1 Å². The Morgan fingerprint density at radius 3 is 2.27 bits per heavy atom. The molecule has 0 N–H and O–H groups in total. The van der Waals surface area contributed by atoms with Gasteiger partial charge in [-0.25, -0.2) is 0 Å². The van der Waals surface area contributed by atoms with Crippen LogP contribution in [0.25, 0.3) is 0 Å². The van der Waals surface area contributed by atoms with Crippen molar-refractivity contribution in [2.45, 2.75) is 19.8 Å². The number of allylic oxidation sites excluding steroid dienone is 5. The van der Waals surface area contributed by atoms with Gasteiger partial charge in [0.05, 0.1) is 0 Å². The molecule has 0 heteroatoms. The molecule has 1 saturated carbocycles. The summed E-state index contributed by atoms with van der Waals surface area (Å²) in [5.74, 6) is 0.840. The Bertz CT molecular complexity index is 257. The van der Waals surface area contributed by atoms with E-state index in [2.05, 4.69) is 24.8 Å². The van der Waals surface area contributed by atoms with Crippen LogP contribution in [0.5, 0.6) is 0 Å². The van der Waals surface area contributed by atoms with Gasteiger partial charge in [0.15, 0.2) is 0 Å². The second-order valence-corrected chi connectivity index (χ2v) is 3.40. The summed E-state index contributed by atoms with van der Waals surface area (Å²) in [4.78, 5) is 0. The topological polar surface area (TPSA) is 0 Å². The van der Waals surface area contributed by atoms with Crippen molar-refractivity contribution >= 4 is 0 Å². The van der Waals surface area contributed by atoms with E-state index in [0.29, 0.717) is 0 Å². The van der Waals surface area contributed by atoms with E-state index in [-0.39, 0.29) is 0 Å². The summed E-state index contributed by atoms with van der Waals surface area (Å²) in [5, 5.41) is 0.